The van der Waals surface area contributed by atoms with E-state index in [-0.39, 0.29) is 35.2 Å². The number of H-pyrrole nitrogens is 1. The molecule has 0 amide bonds. The maximum Gasteiger partial charge on any atom is 0.252 e. The van der Waals surface area contributed by atoms with E-state index in [2.05, 4.69) is 9.97 Å². The van der Waals surface area contributed by atoms with E-state index in [9.17, 15) is 14.0 Å². The van der Waals surface area contributed by atoms with Gasteiger partial charge in [0.1, 0.15) is 11.5 Å². The lowest BCUT2D eigenvalue weighted by Gasteiger charge is -2.14. The Hall–Kier alpha value is -2.50. The van der Waals surface area contributed by atoms with Crippen molar-refractivity contribution in [3.63, 3.8) is 0 Å². The standard InChI is InChI=1S/C19H22FN3O2/c1-11(13-6-7-14(12-4-5-12)15(20)9-13)8-17(24)16-10-18(25)22-19(21-16)23(2)3/h6-7,9-12H,4-5,8H2,1-3H3,(H,21,22,25)/t11-/m0/s1. The number of anilines is 1. The molecule has 0 spiro atoms. The van der Waals surface area contributed by atoms with Gasteiger partial charge in [-0.2, -0.15) is 0 Å². The van der Waals surface area contributed by atoms with E-state index < -0.39 is 0 Å². The number of aromatic amines is 1. The zero-order chi connectivity index (χ0) is 18.1. The van der Waals surface area contributed by atoms with Gasteiger partial charge in [-0.25, -0.2) is 9.37 Å². The highest BCUT2D eigenvalue weighted by molar-refractivity contribution is 5.94. The van der Waals surface area contributed by atoms with Crippen molar-refractivity contribution in [3.05, 3.63) is 57.3 Å². The highest BCUT2D eigenvalue weighted by Crippen LogP contribution is 2.41. The lowest BCUT2D eigenvalue weighted by atomic mass is 9.93. The van der Waals surface area contributed by atoms with Crippen LogP contribution in [0, 0.1) is 5.82 Å². The molecule has 1 aromatic carbocycles. The van der Waals surface area contributed by atoms with Gasteiger partial charge in [-0.15, -0.1) is 0 Å². The van der Waals surface area contributed by atoms with Crippen LogP contribution in [-0.2, 0) is 0 Å². The molecule has 1 fully saturated rings. The second-order valence-electron chi connectivity index (χ2n) is 6.93. The second kappa shape index (κ2) is 6.78. The SMILES string of the molecule is C[C@@H](CC(=O)c1cc(=O)[nH]c(N(C)C)n1)c1ccc(C2CC2)c(F)c1. The van der Waals surface area contributed by atoms with E-state index in [1.54, 1.807) is 19.0 Å². The fourth-order valence-corrected chi connectivity index (χ4v) is 2.88. The predicted octanol–water partition coefficient (Wildman–Crippen LogP) is 3.23. The van der Waals surface area contributed by atoms with Crippen LogP contribution in [0.25, 0.3) is 0 Å². The highest BCUT2D eigenvalue weighted by atomic mass is 19.1. The molecule has 0 unspecified atom stereocenters. The molecule has 0 saturated heterocycles. The maximum atomic E-state index is 14.2. The van der Waals surface area contributed by atoms with Gasteiger partial charge in [-0.3, -0.25) is 14.6 Å². The molecular formula is C19H22FN3O2. The summed E-state index contributed by atoms with van der Waals surface area (Å²) in [5.41, 5.74) is 1.32. The number of rotatable bonds is 6. The normalized spacial score (nSPS) is 15.0. The van der Waals surface area contributed by atoms with Crippen molar-refractivity contribution >= 4 is 11.7 Å². The van der Waals surface area contributed by atoms with Crippen LogP contribution in [0.4, 0.5) is 10.3 Å². The number of benzene rings is 1. The van der Waals surface area contributed by atoms with E-state index in [0.29, 0.717) is 11.9 Å². The van der Waals surface area contributed by atoms with Gasteiger partial charge < -0.3 is 4.90 Å². The Kier molecular flexibility index (Phi) is 4.70. The summed E-state index contributed by atoms with van der Waals surface area (Å²) in [6.07, 6.45) is 2.27. The Morgan fingerprint density at radius 3 is 2.68 bits per heavy atom. The molecule has 1 aliphatic rings. The molecule has 132 valence electrons. The minimum absolute atomic E-state index is 0.134. The minimum atomic E-state index is -0.366. The zero-order valence-corrected chi connectivity index (χ0v) is 14.7. The van der Waals surface area contributed by atoms with Gasteiger partial charge in [0, 0.05) is 26.6 Å². The molecule has 5 nitrogen and oxygen atoms in total. The largest absolute Gasteiger partial charge is 0.348 e. The Morgan fingerprint density at radius 2 is 2.08 bits per heavy atom. The van der Waals surface area contributed by atoms with Gasteiger partial charge in [0.25, 0.3) is 5.56 Å². The van der Waals surface area contributed by atoms with Gasteiger partial charge in [-0.05, 0) is 41.9 Å². The predicted molar refractivity (Wildman–Crippen MR) is 94.9 cm³/mol. The molecule has 2 aromatic rings. The Bertz CT molecular complexity index is 856. The summed E-state index contributed by atoms with van der Waals surface area (Å²) in [5.74, 6) is 0.120. The Balaban J connectivity index is 1.76. The third-order valence-electron chi connectivity index (χ3n) is 4.54. The molecule has 25 heavy (non-hydrogen) atoms. The van der Waals surface area contributed by atoms with E-state index in [1.807, 2.05) is 19.1 Å². The molecule has 1 N–H and O–H groups in total. The third kappa shape index (κ3) is 3.95. The lowest BCUT2D eigenvalue weighted by molar-refractivity contribution is 0.0970. The van der Waals surface area contributed by atoms with Crippen LogP contribution in [0.3, 0.4) is 0 Å². The lowest BCUT2D eigenvalue weighted by Crippen LogP contribution is -2.21. The summed E-state index contributed by atoms with van der Waals surface area (Å²) in [7, 11) is 3.47. The fourth-order valence-electron chi connectivity index (χ4n) is 2.88. The highest BCUT2D eigenvalue weighted by Gasteiger charge is 2.27. The number of aromatic nitrogens is 2. The number of ketones is 1. The van der Waals surface area contributed by atoms with Crippen molar-refractivity contribution in [1.82, 2.24) is 9.97 Å². The number of nitrogens with zero attached hydrogens (tertiary/aromatic N) is 2. The average molecular weight is 343 g/mol. The van der Waals surface area contributed by atoms with Crippen LogP contribution in [0.5, 0.6) is 0 Å². The molecule has 1 heterocycles. The zero-order valence-electron chi connectivity index (χ0n) is 14.7. The molecule has 1 aliphatic carbocycles. The molecule has 0 radical (unpaired) electrons. The molecule has 3 rings (SSSR count). The van der Waals surface area contributed by atoms with E-state index >= 15 is 0 Å². The van der Waals surface area contributed by atoms with E-state index in [0.717, 1.165) is 24.0 Å². The summed E-state index contributed by atoms with van der Waals surface area (Å²) in [4.78, 5) is 32.6. The van der Waals surface area contributed by atoms with Gasteiger partial charge >= 0.3 is 0 Å². The van der Waals surface area contributed by atoms with E-state index in [1.165, 1.54) is 12.1 Å². The molecule has 0 aliphatic heterocycles. The molecular weight excluding hydrogens is 321 g/mol. The molecule has 6 heteroatoms. The van der Waals surface area contributed by atoms with Crippen LogP contribution in [0.1, 0.15) is 59.6 Å². The van der Waals surface area contributed by atoms with Crippen LogP contribution < -0.4 is 10.5 Å². The summed E-state index contributed by atoms with van der Waals surface area (Å²) < 4.78 is 14.2. The van der Waals surface area contributed by atoms with Crippen molar-refractivity contribution in [1.29, 1.82) is 0 Å². The molecule has 1 aromatic heterocycles. The van der Waals surface area contributed by atoms with Crippen LogP contribution in [-0.4, -0.2) is 29.8 Å². The number of nitrogens with one attached hydrogen (secondary N) is 1. The Labute approximate surface area is 145 Å². The third-order valence-corrected chi connectivity index (χ3v) is 4.54. The van der Waals surface area contributed by atoms with Crippen molar-refractivity contribution in [3.8, 4) is 0 Å². The summed E-state index contributed by atoms with van der Waals surface area (Å²) in [6.45, 7) is 1.88. The van der Waals surface area contributed by atoms with Crippen LogP contribution >= 0.6 is 0 Å². The second-order valence-corrected chi connectivity index (χ2v) is 6.93. The first-order valence-electron chi connectivity index (χ1n) is 8.46. The van der Waals surface area contributed by atoms with Crippen molar-refractivity contribution in [2.45, 2.75) is 38.0 Å². The van der Waals surface area contributed by atoms with Gasteiger partial charge in [0.05, 0.1) is 0 Å². The van der Waals surface area contributed by atoms with Crippen LogP contribution in [0.15, 0.2) is 29.1 Å². The summed E-state index contributed by atoms with van der Waals surface area (Å²) in [5, 5.41) is 0. The van der Waals surface area contributed by atoms with Gasteiger partial charge in [0.2, 0.25) is 5.95 Å². The van der Waals surface area contributed by atoms with E-state index in [4.69, 9.17) is 0 Å². The summed E-state index contributed by atoms with van der Waals surface area (Å²) >= 11 is 0. The van der Waals surface area contributed by atoms with Gasteiger partial charge in [-0.1, -0.05) is 19.1 Å². The monoisotopic (exact) mass is 343 g/mol. The number of hydrogen-bond acceptors (Lipinski definition) is 4. The number of halogens is 1. The minimum Gasteiger partial charge on any atom is -0.348 e. The topological polar surface area (TPSA) is 66.1 Å². The first-order valence-corrected chi connectivity index (χ1v) is 8.46. The quantitative estimate of drug-likeness (QED) is 0.818. The van der Waals surface area contributed by atoms with Crippen molar-refractivity contribution < 1.29 is 9.18 Å². The van der Waals surface area contributed by atoms with Gasteiger partial charge in [0.15, 0.2) is 5.78 Å². The molecule has 1 atom stereocenters. The number of Topliss-reactive ketones (excluding diaryl/α,β-unsaturated/α-hetero) is 1. The first kappa shape index (κ1) is 17.3. The number of carbonyl (C=O) groups excluding carboxylic acids is 1. The van der Waals surface area contributed by atoms with Crippen LogP contribution in [0.2, 0.25) is 0 Å². The Morgan fingerprint density at radius 1 is 1.36 bits per heavy atom. The molecule has 1 saturated carbocycles. The smallest absolute Gasteiger partial charge is 0.252 e. The van der Waals surface area contributed by atoms with Crippen molar-refractivity contribution in [2.24, 2.45) is 0 Å². The summed E-state index contributed by atoms with van der Waals surface area (Å²) in [6, 6.07) is 6.46. The molecule has 0 bridgehead atoms. The number of carbonyl (C=O) groups is 1. The fraction of sp³-hybridized carbons (Fsp3) is 0.421. The maximum absolute atomic E-state index is 14.2. The first-order chi connectivity index (χ1) is 11.8. The number of hydrogen-bond donors (Lipinski definition) is 1. The average Bonchev–Trinajstić information content (AvgIpc) is 3.38. The van der Waals surface area contributed by atoms with Crippen molar-refractivity contribution in [2.75, 3.05) is 19.0 Å².